The van der Waals surface area contributed by atoms with Crippen LogP contribution in [0.3, 0.4) is 0 Å². The molecule has 0 unspecified atom stereocenters. The van der Waals surface area contributed by atoms with Crippen molar-refractivity contribution in [2.24, 2.45) is 0 Å². The number of anilines is 1. The molecule has 4 heteroatoms. The molecule has 2 aromatic rings. The summed E-state index contributed by atoms with van der Waals surface area (Å²) < 4.78 is 0. The minimum Gasteiger partial charge on any atom is -0.369 e. The lowest BCUT2D eigenvalue weighted by atomic mass is 10.2. The third-order valence-electron chi connectivity index (χ3n) is 2.94. The predicted molar refractivity (Wildman–Crippen MR) is 62.6 cm³/mol. The van der Waals surface area contributed by atoms with Crippen LogP contribution in [0.1, 0.15) is 12.8 Å². The minimum absolute atomic E-state index is 0.802. The number of imidazole rings is 1. The summed E-state index contributed by atoms with van der Waals surface area (Å²) >= 11 is 6.24. The smallest absolute Gasteiger partial charge is 0.113 e. The van der Waals surface area contributed by atoms with E-state index in [0.717, 1.165) is 34.8 Å². The monoisotopic (exact) mass is 221 g/mol. The first kappa shape index (κ1) is 9.04. The summed E-state index contributed by atoms with van der Waals surface area (Å²) in [5.74, 6) is 0. The van der Waals surface area contributed by atoms with E-state index in [1.807, 2.05) is 12.1 Å². The van der Waals surface area contributed by atoms with Gasteiger partial charge in [-0.05, 0) is 25.0 Å². The number of nitrogens with zero attached hydrogens (tertiary/aromatic N) is 2. The molecule has 1 aliphatic heterocycles. The molecule has 0 bridgehead atoms. The number of hydrogen-bond donors (Lipinski definition) is 1. The van der Waals surface area contributed by atoms with Crippen molar-refractivity contribution < 1.29 is 0 Å². The van der Waals surface area contributed by atoms with Crippen LogP contribution in [-0.4, -0.2) is 23.1 Å². The molecule has 1 N–H and O–H groups in total. The van der Waals surface area contributed by atoms with Crippen molar-refractivity contribution in [1.82, 2.24) is 9.97 Å². The first-order chi connectivity index (χ1) is 7.36. The SMILES string of the molecule is Clc1ccc2[nH]cnc2c1N1CCCC1. The molecular weight excluding hydrogens is 210 g/mol. The van der Waals surface area contributed by atoms with Crippen LogP contribution in [0.5, 0.6) is 0 Å². The van der Waals surface area contributed by atoms with Crippen LogP contribution in [0.25, 0.3) is 11.0 Å². The fourth-order valence-corrected chi connectivity index (χ4v) is 2.48. The lowest BCUT2D eigenvalue weighted by Crippen LogP contribution is -2.18. The molecule has 1 fully saturated rings. The van der Waals surface area contributed by atoms with Crippen molar-refractivity contribution >= 4 is 28.3 Å². The molecule has 2 heterocycles. The Kier molecular flexibility index (Phi) is 2.06. The highest BCUT2D eigenvalue weighted by Crippen LogP contribution is 2.34. The second kappa shape index (κ2) is 3.42. The van der Waals surface area contributed by atoms with Gasteiger partial charge >= 0.3 is 0 Å². The first-order valence-electron chi connectivity index (χ1n) is 5.23. The van der Waals surface area contributed by atoms with Crippen molar-refractivity contribution in [2.75, 3.05) is 18.0 Å². The predicted octanol–water partition coefficient (Wildman–Crippen LogP) is 2.82. The molecule has 1 aromatic carbocycles. The highest BCUT2D eigenvalue weighted by molar-refractivity contribution is 6.34. The van der Waals surface area contributed by atoms with Crippen LogP contribution in [-0.2, 0) is 0 Å². The van der Waals surface area contributed by atoms with Gasteiger partial charge in [0, 0.05) is 13.1 Å². The Labute approximate surface area is 93.1 Å². The van der Waals surface area contributed by atoms with Crippen molar-refractivity contribution in [3.63, 3.8) is 0 Å². The summed E-state index contributed by atoms with van der Waals surface area (Å²) in [5.41, 5.74) is 3.14. The van der Waals surface area contributed by atoms with Crippen LogP contribution in [0.15, 0.2) is 18.5 Å². The Morgan fingerprint density at radius 1 is 1.27 bits per heavy atom. The lowest BCUT2D eigenvalue weighted by Gasteiger charge is -2.19. The Morgan fingerprint density at radius 3 is 2.87 bits per heavy atom. The van der Waals surface area contributed by atoms with E-state index < -0.39 is 0 Å². The van der Waals surface area contributed by atoms with Crippen molar-refractivity contribution in [3.8, 4) is 0 Å². The summed E-state index contributed by atoms with van der Waals surface area (Å²) in [4.78, 5) is 9.78. The third-order valence-corrected chi connectivity index (χ3v) is 3.24. The van der Waals surface area contributed by atoms with E-state index in [2.05, 4.69) is 14.9 Å². The molecule has 0 radical (unpaired) electrons. The van der Waals surface area contributed by atoms with E-state index in [9.17, 15) is 0 Å². The van der Waals surface area contributed by atoms with Gasteiger partial charge in [-0.15, -0.1) is 0 Å². The Morgan fingerprint density at radius 2 is 2.07 bits per heavy atom. The molecular formula is C11H12ClN3. The molecule has 1 saturated heterocycles. The number of hydrogen-bond acceptors (Lipinski definition) is 2. The summed E-state index contributed by atoms with van der Waals surface area (Å²) in [5, 5.41) is 0.802. The number of aromatic amines is 1. The molecule has 1 aromatic heterocycles. The molecule has 0 aliphatic carbocycles. The van der Waals surface area contributed by atoms with E-state index in [0.29, 0.717) is 0 Å². The van der Waals surface area contributed by atoms with Crippen LogP contribution in [0.4, 0.5) is 5.69 Å². The van der Waals surface area contributed by atoms with Gasteiger partial charge in [-0.25, -0.2) is 4.98 Å². The molecule has 0 saturated carbocycles. The minimum atomic E-state index is 0.802. The van der Waals surface area contributed by atoms with E-state index in [1.165, 1.54) is 12.8 Å². The number of aromatic nitrogens is 2. The largest absolute Gasteiger partial charge is 0.369 e. The summed E-state index contributed by atoms with van der Waals surface area (Å²) in [6.07, 6.45) is 4.22. The van der Waals surface area contributed by atoms with Gasteiger partial charge in [-0.1, -0.05) is 11.6 Å². The molecule has 0 amide bonds. The van der Waals surface area contributed by atoms with Gasteiger partial charge in [0.05, 0.1) is 22.6 Å². The van der Waals surface area contributed by atoms with Crippen molar-refractivity contribution in [3.05, 3.63) is 23.5 Å². The standard InChI is InChI=1S/C11H12ClN3/c12-8-3-4-9-10(14-7-13-9)11(8)15-5-1-2-6-15/h3-4,7H,1-2,5-6H2,(H,13,14). The van der Waals surface area contributed by atoms with Gasteiger partial charge in [-0.2, -0.15) is 0 Å². The average Bonchev–Trinajstić information content (AvgIpc) is 2.85. The summed E-state index contributed by atoms with van der Waals surface area (Å²) in [6, 6.07) is 3.92. The van der Waals surface area contributed by atoms with Crippen molar-refractivity contribution in [2.45, 2.75) is 12.8 Å². The van der Waals surface area contributed by atoms with Crippen LogP contribution in [0, 0.1) is 0 Å². The number of benzene rings is 1. The molecule has 1 aliphatic rings. The normalized spacial score (nSPS) is 16.5. The molecule has 0 atom stereocenters. The maximum atomic E-state index is 6.24. The quantitative estimate of drug-likeness (QED) is 0.803. The number of rotatable bonds is 1. The van der Waals surface area contributed by atoms with Gasteiger partial charge < -0.3 is 9.88 Å². The van der Waals surface area contributed by atoms with Gasteiger partial charge in [0.25, 0.3) is 0 Å². The van der Waals surface area contributed by atoms with Crippen LogP contribution >= 0.6 is 11.6 Å². The third kappa shape index (κ3) is 1.38. The van der Waals surface area contributed by atoms with E-state index in [1.54, 1.807) is 6.33 Å². The maximum absolute atomic E-state index is 6.24. The van der Waals surface area contributed by atoms with E-state index in [4.69, 9.17) is 11.6 Å². The van der Waals surface area contributed by atoms with Gasteiger partial charge in [0.1, 0.15) is 5.52 Å². The highest BCUT2D eigenvalue weighted by Gasteiger charge is 2.18. The number of nitrogens with one attached hydrogen (secondary N) is 1. The Hall–Kier alpha value is -1.22. The zero-order valence-corrected chi connectivity index (χ0v) is 9.09. The van der Waals surface area contributed by atoms with Crippen LogP contribution in [0.2, 0.25) is 5.02 Å². The lowest BCUT2D eigenvalue weighted by molar-refractivity contribution is 0.949. The topological polar surface area (TPSA) is 31.9 Å². The summed E-state index contributed by atoms with van der Waals surface area (Å²) in [7, 11) is 0. The number of fused-ring (bicyclic) bond motifs is 1. The number of halogens is 1. The average molecular weight is 222 g/mol. The molecule has 78 valence electrons. The number of H-pyrrole nitrogens is 1. The van der Waals surface area contributed by atoms with Gasteiger partial charge in [0.2, 0.25) is 0 Å². The molecule has 3 nitrogen and oxygen atoms in total. The molecule has 3 rings (SSSR count). The summed E-state index contributed by atoms with van der Waals surface area (Å²) in [6.45, 7) is 2.18. The molecule has 0 spiro atoms. The fraction of sp³-hybridized carbons (Fsp3) is 0.364. The van der Waals surface area contributed by atoms with Crippen LogP contribution < -0.4 is 4.90 Å². The first-order valence-corrected chi connectivity index (χ1v) is 5.60. The fourth-order valence-electron chi connectivity index (χ4n) is 2.21. The zero-order valence-electron chi connectivity index (χ0n) is 8.33. The Balaban J connectivity index is 2.21. The molecule has 15 heavy (non-hydrogen) atoms. The second-order valence-electron chi connectivity index (χ2n) is 3.89. The van der Waals surface area contributed by atoms with Gasteiger partial charge in [0.15, 0.2) is 0 Å². The van der Waals surface area contributed by atoms with E-state index >= 15 is 0 Å². The second-order valence-corrected chi connectivity index (χ2v) is 4.30. The van der Waals surface area contributed by atoms with E-state index in [-0.39, 0.29) is 0 Å². The highest BCUT2D eigenvalue weighted by atomic mass is 35.5. The van der Waals surface area contributed by atoms with Gasteiger partial charge in [-0.3, -0.25) is 0 Å². The Bertz CT molecular complexity index is 486. The maximum Gasteiger partial charge on any atom is 0.113 e. The zero-order chi connectivity index (χ0) is 10.3. The van der Waals surface area contributed by atoms with Crippen molar-refractivity contribution in [1.29, 1.82) is 0 Å².